The predicted molar refractivity (Wildman–Crippen MR) is 99.6 cm³/mol. The molecule has 2 aromatic carbocycles. The summed E-state index contributed by atoms with van der Waals surface area (Å²) < 4.78 is 7.93. The van der Waals surface area contributed by atoms with Crippen LogP contribution in [-0.2, 0) is 12.0 Å². The van der Waals surface area contributed by atoms with Crippen molar-refractivity contribution in [1.82, 2.24) is 9.78 Å². The van der Waals surface area contributed by atoms with Gasteiger partial charge in [0.05, 0.1) is 18.3 Å². The highest BCUT2D eigenvalue weighted by Gasteiger charge is 2.12. The number of unbranched alkanes of at least 4 members (excludes halogenated alkanes) is 1. The van der Waals surface area contributed by atoms with Gasteiger partial charge in [0, 0.05) is 11.9 Å². The van der Waals surface area contributed by atoms with Crippen LogP contribution in [0.1, 0.15) is 39.2 Å². The summed E-state index contributed by atoms with van der Waals surface area (Å²) in [5, 5.41) is 5.66. The summed E-state index contributed by atoms with van der Waals surface area (Å²) in [5.74, 6) is 0.951. The van der Waals surface area contributed by atoms with Crippen LogP contribution < -0.4 is 4.74 Å². The monoisotopic (exact) mass is 322 g/mol. The molecule has 0 saturated heterocycles. The number of rotatable bonds is 6. The third-order valence-corrected chi connectivity index (χ3v) is 4.30. The third kappa shape index (κ3) is 3.97. The normalized spacial score (nSPS) is 11.8. The van der Waals surface area contributed by atoms with Gasteiger partial charge in [0.15, 0.2) is 0 Å². The van der Waals surface area contributed by atoms with Crippen LogP contribution in [-0.4, -0.2) is 16.4 Å². The molecule has 0 bridgehead atoms. The molecule has 0 aliphatic carbocycles. The molecule has 0 spiro atoms. The highest BCUT2D eigenvalue weighted by molar-refractivity contribution is 5.78. The lowest BCUT2D eigenvalue weighted by Crippen LogP contribution is -2.10. The Morgan fingerprint density at radius 3 is 2.46 bits per heavy atom. The number of fused-ring (bicyclic) bond motifs is 1. The van der Waals surface area contributed by atoms with Crippen molar-refractivity contribution in [3.8, 4) is 5.75 Å². The number of aromatic nitrogens is 2. The topological polar surface area (TPSA) is 27.1 Å². The van der Waals surface area contributed by atoms with Gasteiger partial charge in [-0.2, -0.15) is 5.10 Å². The molecule has 0 N–H and O–H groups in total. The Balaban J connectivity index is 1.44. The van der Waals surface area contributed by atoms with Crippen molar-refractivity contribution in [2.24, 2.45) is 0 Å². The Kier molecular flexibility index (Phi) is 4.89. The highest BCUT2D eigenvalue weighted by Crippen LogP contribution is 2.24. The summed E-state index contributed by atoms with van der Waals surface area (Å²) >= 11 is 0. The van der Waals surface area contributed by atoms with Crippen molar-refractivity contribution in [1.29, 1.82) is 0 Å². The van der Waals surface area contributed by atoms with Crippen molar-refractivity contribution < 1.29 is 4.74 Å². The second-order valence-corrected chi connectivity index (χ2v) is 7.26. The molecule has 0 unspecified atom stereocenters. The molecule has 3 nitrogen and oxygen atoms in total. The van der Waals surface area contributed by atoms with Crippen LogP contribution >= 0.6 is 0 Å². The molecule has 1 heterocycles. The van der Waals surface area contributed by atoms with Gasteiger partial charge in [0.2, 0.25) is 0 Å². The van der Waals surface area contributed by atoms with Crippen LogP contribution in [0, 0.1) is 0 Å². The molecule has 24 heavy (non-hydrogen) atoms. The molecular formula is C21H26N2O. The first-order valence-corrected chi connectivity index (χ1v) is 8.68. The fourth-order valence-electron chi connectivity index (χ4n) is 2.81. The average molecular weight is 322 g/mol. The molecule has 0 aliphatic heterocycles. The Labute approximate surface area is 144 Å². The summed E-state index contributed by atoms with van der Waals surface area (Å²) in [5.41, 5.74) is 2.72. The van der Waals surface area contributed by atoms with Gasteiger partial charge in [-0.1, -0.05) is 51.1 Å². The minimum atomic E-state index is 0.186. The fourth-order valence-corrected chi connectivity index (χ4v) is 2.81. The molecule has 3 aromatic rings. The van der Waals surface area contributed by atoms with Crippen LogP contribution in [0.25, 0.3) is 10.9 Å². The van der Waals surface area contributed by atoms with Crippen LogP contribution in [0.3, 0.4) is 0 Å². The van der Waals surface area contributed by atoms with Crippen molar-refractivity contribution in [3.63, 3.8) is 0 Å². The van der Waals surface area contributed by atoms with E-state index < -0.39 is 0 Å². The number of para-hydroxylation sites is 1. The molecule has 0 amide bonds. The number of hydrogen-bond acceptors (Lipinski definition) is 2. The van der Waals surface area contributed by atoms with Crippen molar-refractivity contribution in [2.45, 2.75) is 45.6 Å². The molecule has 0 saturated carbocycles. The van der Waals surface area contributed by atoms with Crippen LogP contribution in [0.4, 0.5) is 0 Å². The second-order valence-electron chi connectivity index (χ2n) is 7.26. The van der Waals surface area contributed by atoms with Gasteiger partial charge in [-0.3, -0.25) is 4.68 Å². The van der Waals surface area contributed by atoms with E-state index in [2.05, 4.69) is 73.0 Å². The maximum absolute atomic E-state index is 5.85. The molecule has 3 rings (SSSR count). The Morgan fingerprint density at radius 1 is 0.958 bits per heavy atom. The van der Waals surface area contributed by atoms with E-state index >= 15 is 0 Å². The number of nitrogens with zero attached hydrogens (tertiary/aromatic N) is 2. The first-order valence-electron chi connectivity index (χ1n) is 8.68. The van der Waals surface area contributed by atoms with E-state index in [1.165, 1.54) is 16.5 Å². The number of hydrogen-bond donors (Lipinski definition) is 0. The maximum Gasteiger partial charge on any atom is 0.119 e. The van der Waals surface area contributed by atoms with Gasteiger partial charge >= 0.3 is 0 Å². The minimum absolute atomic E-state index is 0.186. The quantitative estimate of drug-likeness (QED) is 0.584. The number of ether oxygens (including phenoxy) is 1. The van der Waals surface area contributed by atoms with E-state index in [-0.39, 0.29) is 5.41 Å². The van der Waals surface area contributed by atoms with Gasteiger partial charge in [0.1, 0.15) is 5.75 Å². The first kappa shape index (κ1) is 16.6. The average Bonchev–Trinajstić information content (AvgIpc) is 2.97. The van der Waals surface area contributed by atoms with Crippen LogP contribution in [0.2, 0.25) is 0 Å². The molecule has 0 fully saturated rings. The lowest BCUT2D eigenvalue weighted by atomic mass is 9.87. The summed E-state index contributed by atoms with van der Waals surface area (Å²) in [4.78, 5) is 0. The largest absolute Gasteiger partial charge is 0.494 e. The summed E-state index contributed by atoms with van der Waals surface area (Å²) in [7, 11) is 0. The number of aryl methyl sites for hydroxylation is 1. The van der Waals surface area contributed by atoms with E-state index in [0.29, 0.717) is 0 Å². The summed E-state index contributed by atoms with van der Waals surface area (Å²) in [6.07, 6.45) is 4.02. The van der Waals surface area contributed by atoms with E-state index in [0.717, 1.165) is 31.7 Å². The fraction of sp³-hybridized carbons (Fsp3) is 0.381. The van der Waals surface area contributed by atoms with Gasteiger partial charge < -0.3 is 4.74 Å². The smallest absolute Gasteiger partial charge is 0.119 e. The standard InChI is InChI=1S/C21H26N2O/c1-21(2,3)18-10-12-19(13-11-18)24-15-7-6-14-23-20-9-5-4-8-17(20)16-22-23/h4-5,8-13,16H,6-7,14-15H2,1-3H3. The summed E-state index contributed by atoms with van der Waals surface area (Å²) in [6.45, 7) is 8.35. The van der Waals surface area contributed by atoms with Crippen molar-refractivity contribution in [3.05, 3.63) is 60.3 Å². The van der Waals surface area contributed by atoms with E-state index in [1.807, 2.05) is 12.3 Å². The predicted octanol–water partition coefficient (Wildman–Crippen LogP) is 5.19. The maximum atomic E-state index is 5.85. The zero-order chi connectivity index (χ0) is 17.0. The van der Waals surface area contributed by atoms with Gasteiger partial charge in [-0.25, -0.2) is 0 Å². The van der Waals surface area contributed by atoms with Gasteiger partial charge in [-0.15, -0.1) is 0 Å². The molecule has 0 atom stereocenters. The lowest BCUT2D eigenvalue weighted by molar-refractivity contribution is 0.302. The molecule has 0 aliphatic rings. The lowest BCUT2D eigenvalue weighted by Gasteiger charge is -2.19. The second kappa shape index (κ2) is 7.08. The van der Waals surface area contributed by atoms with Crippen LogP contribution in [0.5, 0.6) is 5.75 Å². The van der Waals surface area contributed by atoms with E-state index in [9.17, 15) is 0 Å². The molecule has 126 valence electrons. The van der Waals surface area contributed by atoms with Gasteiger partial charge in [0.25, 0.3) is 0 Å². The molecule has 3 heteroatoms. The van der Waals surface area contributed by atoms with Crippen molar-refractivity contribution in [2.75, 3.05) is 6.61 Å². The Bertz CT molecular complexity index is 781. The van der Waals surface area contributed by atoms with Gasteiger partial charge in [-0.05, 0) is 42.0 Å². The highest BCUT2D eigenvalue weighted by atomic mass is 16.5. The van der Waals surface area contributed by atoms with Crippen molar-refractivity contribution >= 4 is 10.9 Å². The Hall–Kier alpha value is -2.29. The molecular weight excluding hydrogens is 296 g/mol. The SMILES string of the molecule is CC(C)(C)c1ccc(OCCCCn2ncc3ccccc32)cc1. The number of benzene rings is 2. The van der Waals surface area contributed by atoms with Crippen LogP contribution in [0.15, 0.2) is 54.7 Å². The van der Waals surface area contributed by atoms with E-state index in [4.69, 9.17) is 4.74 Å². The van der Waals surface area contributed by atoms with E-state index in [1.54, 1.807) is 0 Å². The first-order chi connectivity index (χ1) is 11.5. The summed E-state index contributed by atoms with van der Waals surface area (Å²) in [6, 6.07) is 16.8. The zero-order valence-corrected chi connectivity index (χ0v) is 14.8. The molecule has 1 aromatic heterocycles. The molecule has 0 radical (unpaired) electrons. The minimum Gasteiger partial charge on any atom is -0.494 e. The third-order valence-electron chi connectivity index (χ3n) is 4.30. The Morgan fingerprint density at radius 2 is 1.71 bits per heavy atom. The zero-order valence-electron chi connectivity index (χ0n) is 14.8.